The molecule has 2 aromatic rings. The van der Waals surface area contributed by atoms with Crippen molar-refractivity contribution in [1.82, 2.24) is 4.98 Å². The molecule has 0 aliphatic heterocycles. The van der Waals surface area contributed by atoms with Gasteiger partial charge in [-0.15, -0.1) is 0 Å². The van der Waals surface area contributed by atoms with Crippen LogP contribution in [0, 0.1) is 0 Å². The predicted octanol–water partition coefficient (Wildman–Crippen LogP) is 0.616. The Morgan fingerprint density at radius 2 is 2.31 bits per heavy atom. The highest BCUT2D eigenvalue weighted by atomic mass is 16.3. The van der Waals surface area contributed by atoms with E-state index in [0.717, 1.165) is 16.5 Å². The standard InChI is InChI=1S/C12H14N2O2/c1-7(15)11(13)4-8-6-14-12-3-2-9(16)5-10(8)12/h2-3,5-6,11,14,16H,4,13H2,1H3/p+1/t11-/m0/s1. The molecule has 1 atom stereocenters. The second-order valence-electron chi connectivity index (χ2n) is 4.06. The van der Waals surface area contributed by atoms with Gasteiger partial charge in [-0.25, -0.2) is 0 Å². The number of carbonyl (C=O) groups excluding carboxylic acids is 1. The largest absolute Gasteiger partial charge is 0.508 e. The Balaban J connectivity index is 2.37. The topological polar surface area (TPSA) is 80.7 Å². The smallest absolute Gasteiger partial charge is 0.187 e. The van der Waals surface area contributed by atoms with Gasteiger partial charge in [-0.2, -0.15) is 0 Å². The first kappa shape index (κ1) is 10.7. The Bertz CT molecular complexity index is 531. The van der Waals surface area contributed by atoms with Gasteiger partial charge in [-0.3, -0.25) is 4.79 Å². The molecule has 1 aromatic heterocycles. The van der Waals surface area contributed by atoms with E-state index in [1.165, 1.54) is 0 Å². The van der Waals surface area contributed by atoms with Gasteiger partial charge in [0.05, 0.1) is 0 Å². The van der Waals surface area contributed by atoms with Crippen LogP contribution in [0.4, 0.5) is 0 Å². The zero-order valence-electron chi connectivity index (χ0n) is 9.16. The maximum Gasteiger partial charge on any atom is 0.187 e. The molecule has 5 N–H and O–H groups in total. The zero-order chi connectivity index (χ0) is 11.7. The van der Waals surface area contributed by atoms with Gasteiger partial charge in [0.25, 0.3) is 0 Å². The minimum atomic E-state index is -0.235. The zero-order valence-corrected chi connectivity index (χ0v) is 9.16. The molecule has 84 valence electrons. The molecule has 2 rings (SSSR count). The lowest BCUT2D eigenvalue weighted by atomic mass is 10.0. The van der Waals surface area contributed by atoms with Crippen LogP contribution in [0.15, 0.2) is 24.4 Å². The lowest BCUT2D eigenvalue weighted by molar-refractivity contribution is -0.402. The number of aromatic hydroxyl groups is 1. The Hall–Kier alpha value is -1.81. The Morgan fingerprint density at radius 1 is 1.56 bits per heavy atom. The van der Waals surface area contributed by atoms with Crippen LogP contribution < -0.4 is 5.73 Å². The maximum absolute atomic E-state index is 11.2. The van der Waals surface area contributed by atoms with Crippen molar-refractivity contribution in [3.8, 4) is 5.75 Å². The van der Waals surface area contributed by atoms with Crippen LogP contribution in [0.25, 0.3) is 10.9 Å². The monoisotopic (exact) mass is 219 g/mol. The quantitative estimate of drug-likeness (QED) is 0.707. The number of phenols is 1. The number of aromatic nitrogens is 1. The Labute approximate surface area is 93.1 Å². The fourth-order valence-corrected chi connectivity index (χ4v) is 1.74. The number of fused-ring (bicyclic) bond motifs is 1. The molecule has 0 bridgehead atoms. The average molecular weight is 219 g/mol. The van der Waals surface area contributed by atoms with Crippen molar-refractivity contribution in [2.45, 2.75) is 19.4 Å². The number of quaternary nitrogens is 1. The summed E-state index contributed by atoms with van der Waals surface area (Å²) in [4.78, 5) is 14.3. The minimum Gasteiger partial charge on any atom is -0.508 e. The molecule has 0 unspecified atom stereocenters. The molecule has 1 heterocycles. The van der Waals surface area contributed by atoms with Crippen molar-refractivity contribution >= 4 is 16.7 Å². The molecule has 0 aliphatic carbocycles. The number of hydrogen-bond acceptors (Lipinski definition) is 2. The average Bonchev–Trinajstić information content (AvgIpc) is 2.61. The molecule has 1 aromatic carbocycles. The molecule has 0 fully saturated rings. The highest BCUT2D eigenvalue weighted by Crippen LogP contribution is 2.23. The van der Waals surface area contributed by atoms with Gasteiger partial charge in [-0.05, 0) is 23.8 Å². The summed E-state index contributed by atoms with van der Waals surface area (Å²) in [5, 5.41) is 10.4. The number of benzene rings is 1. The summed E-state index contributed by atoms with van der Waals surface area (Å²) >= 11 is 0. The first-order chi connectivity index (χ1) is 7.58. The lowest BCUT2D eigenvalue weighted by Gasteiger charge is -2.03. The van der Waals surface area contributed by atoms with Crippen molar-refractivity contribution < 1.29 is 15.6 Å². The van der Waals surface area contributed by atoms with E-state index in [0.29, 0.717) is 6.42 Å². The molecule has 0 spiro atoms. The normalized spacial score (nSPS) is 12.9. The van der Waals surface area contributed by atoms with Crippen LogP contribution in [0.3, 0.4) is 0 Å². The Morgan fingerprint density at radius 3 is 3.00 bits per heavy atom. The molecule has 0 aliphatic rings. The number of aromatic amines is 1. The van der Waals surface area contributed by atoms with E-state index < -0.39 is 0 Å². The predicted molar refractivity (Wildman–Crippen MR) is 61.0 cm³/mol. The number of phenolic OH excluding ortho intramolecular Hbond substituents is 1. The van der Waals surface area contributed by atoms with Gasteiger partial charge in [0.1, 0.15) is 11.8 Å². The van der Waals surface area contributed by atoms with Gasteiger partial charge in [0.15, 0.2) is 5.78 Å². The van der Waals surface area contributed by atoms with Gasteiger partial charge in [0.2, 0.25) is 0 Å². The van der Waals surface area contributed by atoms with Crippen LogP contribution in [-0.4, -0.2) is 21.9 Å². The number of H-pyrrole nitrogens is 1. The number of Topliss-reactive ketones (excluding diaryl/α,β-unsaturated/α-hetero) is 1. The summed E-state index contributed by atoms with van der Waals surface area (Å²) in [5.41, 5.74) is 5.79. The van der Waals surface area contributed by atoms with Crippen LogP contribution in [0.1, 0.15) is 12.5 Å². The van der Waals surface area contributed by atoms with Crippen molar-refractivity contribution in [1.29, 1.82) is 0 Å². The van der Waals surface area contributed by atoms with E-state index in [1.807, 2.05) is 12.3 Å². The van der Waals surface area contributed by atoms with E-state index >= 15 is 0 Å². The van der Waals surface area contributed by atoms with E-state index in [4.69, 9.17) is 0 Å². The fourth-order valence-electron chi connectivity index (χ4n) is 1.74. The lowest BCUT2D eigenvalue weighted by Crippen LogP contribution is -2.65. The number of nitrogens with one attached hydrogen (secondary N) is 1. The van der Waals surface area contributed by atoms with Gasteiger partial charge in [0, 0.05) is 30.4 Å². The molecular formula is C12H15N2O2+. The maximum atomic E-state index is 11.2. The second kappa shape index (κ2) is 3.98. The SMILES string of the molecule is CC(=O)[C@@H]([NH3+])Cc1c[nH]c2ccc(O)cc12. The Kier molecular flexibility index (Phi) is 2.66. The second-order valence-corrected chi connectivity index (χ2v) is 4.06. The number of carbonyl (C=O) groups is 1. The van der Waals surface area contributed by atoms with Gasteiger partial charge in [-0.1, -0.05) is 0 Å². The molecule has 0 saturated heterocycles. The third kappa shape index (κ3) is 1.92. The molecular weight excluding hydrogens is 204 g/mol. The number of rotatable bonds is 3. The molecule has 16 heavy (non-hydrogen) atoms. The fraction of sp³-hybridized carbons (Fsp3) is 0.250. The van der Waals surface area contributed by atoms with Crippen molar-refractivity contribution in [3.05, 3.63) is 30.0 Å². The number of hydrogen-bond donors (Lipinski definition) is 3. The molecule has 4 heteroatoms. The van der Waals surface area contributed by atoms with Gasteiger partial charge >= 0.3 is 0 Å². The van der Waals surface area contributed by atoms with E-state index in [1.54, 1.807) is 19.1 Å². The van der Waals surface area contributed by atoms with Crippen LogP contribution in [-0.2, 0) is 11.2 Å². The summed E-state index contributed by atoms with van der Waals surface area (Å²) in [6, 6.07) is 4.92. The summed E-state index contributed by atoms with van der Waals surface area (Å²) in [6.45, 7) is 1.55. The first-order valence-corrected chi connectivity index (χ1v) is 5.20. The molecule has 0 saturated carbocycles. The summed E-state index contributed by atoms with van der Waals surface area (Å²) in [7, 11) is 0. The summed E-state index contributed by atoms with van der Waals surface area (Å²) < 4.78 is 0. The third-order valence-corrected chi connectivity index (χ3v) is 2.79. The van der Waals surface area contributed by atoms with Crippen molar-refractivity contribution in [2.24, 2.45) is 0 Å². The molecule has 4 nitrogen and oxygen atoms in total. The first-order valence-electron chi connectivity index (χ1n) is 5.20. The van der Waals surface area contributed by atoms with E-state index in [9.17, 15) is 9.90 Å². The highest BCUT2D eigenvalue weighted by Gasteiger charge is 2.15. The number of ketones is 1. The summed E-state index contributed by atoms with van der Waals surface area (Å²) in [5.74, 6) is 0.311. The minimum absolute atomic E-state index is 0.0782. The highest BCUT2D eigenvalue weighted by molar-refractivity contribution is 5.86. The van der Waals surface area contributed by atoms with Crippen molar-refractivity contribution in [3.63, 3.8) is 0 Å². The molecule has 0 radical (unpaired) electrons. The van der Waals surface area contributed by atoms with E-state index in [-0.39, 0.29) is 17.6 Å². The van der Waals surface area contributed by atoms with Crippen LogP contribution in [0.2, 0.25) is 0 Å². The summed E-state index contributed by atoms with van der Waals surface area (Å²) in [6.07, 6.45) is 2.46. The van der Waals surface area contributed by atoms with Crippen LogP contribution >= 0.6 is 0 Å². The van der Waals surface area contributed by atoms with E-state index in [2.05, 4.69) is 10.7 Å². The van der Waals surface area contributed by atoms with Gasteiger partial charge < -0.3 is 15.8 Å². The van der Waals surface area contributed by atoms with Crippen LogP contribution in [0.5, 0.6) is 5.75 Å². The third-order valence-electron chi connectivity index (χ3n) is 2.79. The van der Waals surface area contributed by atoms with Crippen molar-refractivity contribution in [2.75, 3.05) is 0 Å². The molecule has 0 amide bonds.